The first-order valence-corrected chi connectivity index (χ1v) is 27.2. The third-order valence-corrected chi connectivity index (χ3v) is 11.3. The van der Waals surface area contributed by atoms with Gasteiger partial charge in [0.05, 0.1) is 0 Å². The van der Waals surface area contributed by atoms with Gasteiger partial charge in [0.25, 0.3) is 0 Å². The molecule has 0 bridgehead atoms. The first-order valence-electron chi connectivity index (χ1n) is 27.2. The zero-order valence-corrected chi connectivity index (χ0v) is 42.9. The quantitative estimate of drug-likeness (QED) is 0.0262. The Balaban J connectivity index is 4.43. The fraction of sp³-hybridized carbons (Fsp3) is 0.683. The Morgan fingerprint density at radius 3 is 1.03 bits per heavy atom. The van der Waals surface area contributed by atoms with Gasteiger partial charge in [0.15, 0.2) is 6.10 Å². The van der Waals surface area contributed by atoms with Crippen molar-refractivity contribution in [3.05, 3.63) is 97.2 Å². The summed E-state index contributed by atoms with van der Waals surface area (Å²) in [5.41, 5.74) is 0. The summed E-state index contributed by atoms with van der Waals surface area (Å²) in [6.07, 6.45) is 71.1. The van der Waals surface area contributed by atoms with Gasteiger partial charge < -0.3 is 14.2 Å². The summed E-state index contributed by atoms with van der Waals surface area (Å²) in [4.78, 5) is 38.0. The third kappa shape index (κ3) is 51.3. The molecule has 66 heavy (non-hydrogen) atoms. The molecule has 0 N–H and O–H groups in total. The van der Waals surface area contributed by atoms with Crippen molar-refractivity contribution in [2.24, 2.45) is 0 Å². The van der Waals surface area contributed by atoms with Crippen LogP contribution in [0.3, 0.4) is 0 Å². The second-order valence-electron chi connectivity index (χ2n) is 17.7. The molecular weight excluding hydrogens is 817 g/mol. The van der Waals surface area contributed by atoms with E-state index in [1.165, 1.54) is 89.9 Å². The van der Waals surface area contributed by atoms with Gasteiger partial charge in [-0.1, -0.05) is 208 Å². The molecule has 6 heteroatoms. The Labute approximate surface area is 407 Å². The fourth-order valence-corrected chi connectivity index (χ4v) is 7.21. The molecule has 0 aromatic carbocycles. The summed E-state index contributed by atoms with van der Waals surface area (Å²) in [6, 6.07) is 0. The molecule has 0 aromatic heterocycles. The lowest BCUT2D eigenvalue weighted by atomic mass is 10.1. The van der Waals surface area contributed by atoms with Crippen molar-refractivity contribution >= 4 is 17.9 Å². The maximum atomic E-state index is 12.8. The predicted octanol–water partition coefficient (Wildman–Crippen LogP) is 18.1. The molecule has 376 valence electrons. The van der Waals surface area contributed by atoms with E-state index in [4.69, 9.17) is 14.2 Å². The normalized spacial score (nSPS) is 12.8. The van der Waals surface area contributed by atoms with Crippen molar-refractivity contribution in [2.45, 2.75) is 252 Å². The van der Waals surface area contributed by atoms with E-state index in [0.717, 1.165) is 116 Å². The van der Waals surface area contributed by atoms with Crippen LogP contribution < -0.4 is 0 Å². The Morgan fingerprint density at radius 2 is 0.621 bits per heavy atom. The SMILES string of the molecule is CC/C=C\C/C=C\C/C=C\C/C=C\C/C=C\C/C=C\CCCCC(=O)OCC(COC(=O)CCCCCCC/C=C\CCC)OC(=O)CCCCCCCCC/C=C\CCCCCCCC. The standard InChI is InChI=1S/C60H100O6/c1-4-7-10-13-16-19-22-24-26-28-29-30-31-33-34-36-38-41-44-47-50-53-59(62)65-56-57(55-64-58(61)52-49-46-43-40-21-18-15-12-9-6-3)66-60(63)54-51-48-45-42-39-37-35-32-27-25-23-20-17-14-11-8-5-2/h7,10,12,15-16,19,24-27,29-30,33-34,38,41,57H,4-6,8-9,11,13-14,17-18,20-23,28,31-32,35-37,39-40,42-56H2,1-3H3/b10-7-,15-12-,19-16-,26-24-,27-25-,30-29-,34-33-,41-38-. The molecule has 0 aromatic rings. The van der Waals surface area contributed by atoms with E-state index in [-0.39, 0.29) is 31.1 Å². The maximum absolute atomic E-state index is 12.8. The fourth-order valence-electron chi connectivity index (χ4n) is 7.21. The monoisotopic (exact) mass is 917 g/mol. The second-order valence-corrected chi connectivity index (χ2v) is 17.7. The summed E-state index contributed by atoms with van der Waals surface area (Å²) in [5, 5.41) is 0. The minimum atomic E-state index is -0.801. The van der Waals surface area contributed by atoms with Crippen molar-refractivity contribution in [3.8, 4) is 0 Å². The van der Waals surface area contributed by atoms with E-state index >= 15 is 0 Å². The summed E-state index contributed by atoms with van der Waals surface area (Å²) in [5.74, 6) is -0.959. The van der Waals surface area contributed by atoms with Crippen molar-refractivity contribution in [2.75, 3.05) is 13.2 Å². The number of hydrogen-bond acceptors (Lipinski definition) is 6. The van der Waals surface area contributed by atoms with Crippen LogP contribution in [0.5, 0.6) is 0 Å². The van der Waals surface area contributed by atoms with Gasteiger partial charge in [0, 0.05) is 19.3 Å². The average molecular weight is 917 g/mol. The molecule has 0 heterocycles. The number of unbranched alkanes of at least 4 members (excludes halogenated alkanes) is 21. The van der Waals surface area contributed by atoms with Crippen molar-refractivity contribution in [3.63, 3.8) is 0 Å². The Morgan fingerprint density at radius 1 is 0.318 bits per heavy atom. The molecule has 0 saturated carbocycles. The molecule has 0 radical (unpaired) electrons. The number of ether oxygens (including phenoxy) is 3. The van der Waals surface area contributed by atoms with Crippen molar-refractivity contribution in [1.29, 1.82) is 0 Å². The number of carbonyl (C=O) groups excluding carboxylic acids is 3. The van der Waals surface area contributed by atoms with E-state index in [0.29, 0.717) is 19.3 Å². The van der Waals surface area contributed by atoms with Gasteiger partial charge in [-0.3, -0.25) is 14.4 Å². The molecule has 0 rings (SSSR count). The van der Waals surface area contributed by atoms with Crippen molar-refractivity contribution in [1.82, 2.24) is 0 Å². The molecular formula is C60H100O6. The lowest BCUT2D eigenvalue weighted by Gasteiger charge is -2.18. The van der Waals surface area contributed by atoms with Crippen LogP contribution in [0.25, 0.3) is 0 Å². The highest BCUT2D eigenvalue weighted by atomic mass is 16.6. The molecule has 0 amide bonds. The topological polar surface area (TPSA) is 78.9 Å². The lowest BCUT2D eigenvalue weighted by molar-refractivity contribution is -0.167. The second kappa shape index (κ2) is 53.9. The summed E-state index contributed by atoms with van der Waals surface area (Å²) < 4.78 is 16.8. The highest BCUT2D eigenvalue weighted by Crippen LogP contribution is 2.14. The number of esters is 3. The first-order chi connectivity index (χ1) is 32.5. The van der Waals surface area contributed by atoms with E-state index in [9.17, 15) is 14.4 Å². The minimum absolute atomic E-state index is 0.0983. The Bertz CT molecular complexity index is 1330. The van der Waals surface area contributed by atoms with E-state index in [1.807, 2.05) is 0 Å². The van der Waals surface area contributed by atoms with Gasteiger partial charge in [-0.05, 0) is 116 Å². The maximum Gasteiger partial charge on any atom is 0.306 e. The molecule has 0 aliphatic carbocycles. The Kier molecular flexibility index (Phi) is 50.9. The van der Waals surface area contributed by atoms with E-state index < -0.39 is 6.10 Å². The van der Waals surface area contributed by atoms with Crippen LogP contribution in [0, 0.1) is 0 Å². The summed E-state index contributed by atoms with van der Waals surface area (Å²) >= 11 is 0. The van der Waals surface area contributed by atoms with Crippen LogP contribution in [0.15, 0.2) is 97.2 Å². The minimum Gasteiger partial charge on any atom is -0.462 e. The largest absolute Gasteiger partial charge is 0.462 e. The van der Waals surface area contributed by atoms with Crippen molar-refractivity contribution < 1.29 is 28.6 Å². The highest BCUT2D eigenvalue weighted by Gasteiger charge is 2.19. The predicted molar refractivity (Wildman–Crippen MR) is 284 cm³/mol. The number of rotatable bonds is 48. The summed E-state index contributed by atoms with van der Waals surface area (Å²) in [7, 11) is 0. The van der Waals surface area contributed by atoms with Crippen LogP contribution in [0.4, 0.5) is 0 Å². The van der Waals surface area contributed by atoms with Crippen LogP contribution in [-0.4, -0.2) is 37.2 Å². The lowest BCUT2D eigenvalue weighted by Crippen LogP contribution is -2.30. The number of carbonyl (C=O) groups is 3. The number of hydrogen-bond donors (Lipinski definition) is 0. The highest BCUT2D eigenvalue weighted by molar-refractivity contribution is 5.71. The molecule has 6 nitrogen and oxygen atoms in total. The first kappa shape index (κ1) is 62.3. The molecule has 0 aliphatic heterocycles. The van der Waals surface area contributed by atoms with Gasteiger partial charge in [-0.2, -0.15) is 0 Å². The molecule has 1 unspecified atom stereocenters. The van der Waals surface area contributed by atoms with Crippen LogP contribution in [0.1, 0.15) is 245 Å². The average Bonchev–Trinajstić information content (AvgIpc) is 3.31. The van der Waals surface area contributed by atoms with Crippen LogP contribution in [-0.2, 0) is 28.6 Å². The van der Waals surface area contributed by atoms with E-state index in [1.54, 1.807) is 0 Å². The van der Waals surface area contributed by atoms with Crippen LogP contribution in [0.2, 0.25) is 0 Å². The third-order valence-electron chi connectivity index (χ3n) is 11.3. The molecule has 0 aliphatic rings. The molecule has 0 saturated heterocycles. The van der Waals surface area contributed by atoms with Crippen LogP contribution >= 0.6 is 0 Å². The van der Waals surface area contributed by atoms with E-state index in [2.05, 4.69) is 118 Å². The molecule has 0 fully saturated rings. The van der Waals surface area contributed by atoms with Gasteiger partial charge in [0.1, 0.15) is 13.2 Å². The smallest absolute Gasteiger partial charge is 0.306 e. The number of allylic oxidation sites excluding steroid dienone is 16. The summed E-state index contributed by atoms with van der Waals surface area (Å²) in [6.45, 7) is 6.41. The zero-order valence-electron chi connectivity index (χ0n) is 42.9. The van der Waals surface area contributed by atoms with Gasteiger partial charge >= 0.3 is 17.9 Å². The van der Waals surface area contributed by atoms with Gasteiger partial charge in [0.2, 0.25) is 0 Å². The molecule has 1 atom stereocenters. The van der Waals surface area contributed by atoms with Gasteiger partial charge in [-0.15, -0.1) is 0 Å². The van der Waals surface area contributed by atoms with Gasteiger partial charge in [-0.25, -0.2) is 0 Å². The zero-order chi connectivity index (χ0) is 47.9. The Hall–Kier alpha value is -3.67. The molecule has 0 spiro atoms.